The van der Waals surface area contributed by atoms with Crippen LogP contribution >= 0.6 is 0 Å². The first-order valence-corrected chi connectivity index (χ1v) is 13.7. The summed E-state index contributed by atoms with van der Waals surface area (Å²) in [7, 11) is 0. The van der Waals surface area contributed by atoms with Gasteiger partial charge in [0.1, 0.15) is 0 Å². The Hall–Kier alpha value is -0.520. The molecule has 0 amide bonds. The minimum atomic E-state index is 0.728. The predicted octanol–water partition coefficient (Wildman–Crippen LogP) is 11.8. The Bertz CT molecular complexity index is 325. The van der Waals surface area contributed by atoms with Crippen molar-refractivity contribution in [2.45, 2.75) is 164 Å². The topological polar surface area (TPSA) is 0 Å². The van der Waals surface area contributed by atoms with Crippen molar-refractivity contribution in [3.05, 3.63) is 24.3 Å². The molecular weight excluding hydrogens is 360 g/mol. The normalized spacial score (nSPS) is 11.0. The largest absolute Gasteiger partial charge is 0.100 e. The second kappa shape index (κ2) is 30.7. The molecule has 0 N–H and O–H groups in total. The minimum absolute atomic E-state index is 0.728. The fraction of sp³-hybridized carbons (Fsp3) is 0.867. The van der Waals surface area contributed by atoms with Crippen LogP contribution < -0.4 is 0 Å². The van der Waals surface area contributed by atoms with Crippen molar-refractivity contribution in [1.29, 1.82) is 0 Å². The van der Waals surface area contributed by atoms with Crippen molar-refractivity contribution in [2.75, 3.05) is 0 Å². The number of hydrogen-bond donors (Lipinski definition) is 0. The van der Waals surface area contributed by atoms with Crippen molar-refractivity contribution in [3.63, 3.8) is 0 Å². The SMILES string of the molecule is C=C(C)CCCCCCCCCCCCCCC.C=C(C)[C@@H](C)CCCCC.CC. The summed E-state index contributed by atoms with van der Waals surface area (Å²) in [5, 5.41) is 0. The quantitative estimate of drug-likeness (QED) is 0.143. The summed E-state index contributed by atoms with van der Waals surface area (Å²) in [6.07, 6.45) is 25.3. The molecule has 0 nitrogen and oxygen atoms in total. The van der Waals surface area contributed by atoms with Crippen LogP contribution in [0.4, 0.5) is 0 Å². The van der Waals surface area contributed by atoms with E-state index in [0.29, 0.717) is 0 Å². The van der Waals surface area contributed by atoms with E-state index in [1.165, 1.54) is 127 Å². The van der Waals surface area contributed by atoms with E-state index in [1.54, 1.807) is 0 Å². The maximum Gasteiger partial charge on any atom is -0.0237 e. The van der Waals surface area contributed by atoms with Gasteiger partial charge >= 0.3 is 0 Å². The first-order chi connectivity index (χ1) is 14.5. The van der Waals surface area contributed by atoms with Crippen molar-refractivity contribution < 1.29 is 0 Å². The molecule has 0 aliphatic carbocycles. The standard InChI is InChI=1S/C18H36.C10H20.C2H6/c1-4-5-6-7-8-9-10-11-12-13-14-15-16-17-18(2)3;1-5-6-7-8-10(4)9(2)3;1-2/h2,4-17H2,1,3H3;10H,2,5-8H2,1,3-4H3;1-2H3/t;10-;/m.0./s1. The molecule has 0 aliphatic rings. The van der Waals surface area contributed by atoms with Crippen LogP contribution in [0.5, 0.6) is 0 Å². The minimum Gasteiger partial charge on any atom is -0.100 e. The van der Waals surface area contributed by atoms with Crippen LogP contribution in [0.15, 0.2) is 24.3 Å². The first-order valence-electron chi connectivity index (χ1n) is 13.7. The van der Waals surface area contributed by atoms with E-state index in [1.807, 2.05) is 13.8 Å². The predicted molar refractivity (Wildman–Crippen MR) is 145 cm³/mol. The third kappa shape index (κ3) is 35.0. The maximum absolute atomic E-state index is 3.95. The summed E-state index contributed by atoms with van der Waals surface area (Å²) in [5.74, 6) is 0.728. The summed E-state index contributed by atoms with van der Waals surface area (Å²) in [6, 6.07) is 0. The van der Waals surface area contributed by atoms with Gasteiger partial charge in [-0.1, -0.05) is 149 Å². The highest BCUT2D eigenvalue weighted by molar-refractivity contribution is 4.93. The summed E-state index contributed by atoms with van der Waals surface area (Å²) < 4.78 is 0. The van der Waals surface area contributed by atoms with Crippen molar-refractivity contribution >= 4 is 0 Å². The molecule has 0 heteroatoms. The Morgan fingerprint density at radius 1 is 0.567 bits per heavy atom. The van der Waals surface area contributed by atoms with Crippen LogP contribution in [0, 0.1) is 5.92 Å². The van der Waals surface area contributed by atoms with Gasteiger partial charge in [-0.25, -0.2) is 0 Å². The Labute approximate surface area is 194 Å². The summed E-state index contributed by atoms with van der Waals surface area (Å²) in [5.41, 5.74) is 2.68. The Morgan fingerprint density at radius 2 is 0.900 bits per heavy atom. The van der Waals surface area contributed by atoms with E-state index >= 15 is 0 Å². The average Bonchev–Trinajstić information content (AvgIpc) is 2.73. The molecule has 182 valence electrons. The molecule has 0 bridgehead atoms. The first kappa shape index (κ1) is 34.1. The van der Waals surface area contributed by atoms with Gasteiger partial charge in [-0.2, -0.15) is 0 Å². The number of rotatable bonds is 19. The summed E-state index contributed by atoms with van der Waals surface area (Å²) in [6.45, 7) is 22.9. The molecule has 0 rings (SSSR count). The van der Waals surface area contributed by atoms with Gasteiger partial charge in [-0.05, 0) is 39.0 Å². The fourth-order valence-electron chi connectivity index (χ4n) is 3.39. The highest BCUT2D eigenvalue weighted by Crippen LogP contribution is 2.15. The van der Waals surface area contributed by atoms with Crippen LogP contribution in [0.1, 0.15) is 164 Å². The molecule has 0 aromatic carbocycles. The number of allylic oxidation sites excluding steroid dienone is 2. The van der Waals surface area contributed by atoms with Gasteiger partial charge in [0, 0.05) is 0 Å². The van der Waals surface area contributed by atoms with E-state index < -0.39 is 0 Å². The van der Waals surface area contributed by atoms with Gasteiger partial charge in [0.25, 0.3) is 0 Å². The molecule has 0 heterocycles. The van der Waals surface area contributed by atoms with Crippen LogP contribution in [-0.4, -0.2) is 0 Å². The molecule has 0 saturated carbocycles. The summed E-state index contributed by atoms with van der Waals surface area (Å²) in [4.78, 5) is 0. The van der Waals surface area contributed by atoms with Gasteiger partial charge in [0.05, 0.1) is 0 Å². The lowest BCUT2D eigenvalue weighted by Crippen LogP contribution is -1.94. The molecular formula is C30H62. The molecule has 0 spiro atoms. The second-order valence-electron chi connectivity index (χ2n) is 9.19. The monoisotopic (exact) mass is 422 g/mol. The number of hydrogen-bond acceptors (Lipinski definition) is 0. The van der Waals surface area contributed by atoms with Crippen molar-refractivity contribution in [1.82, 2.24) is 0 Å². The molecule has 0 radical (unpaired) electrons. The zero-order chi connectivity index (χ0) is 23.5. The van der Waals surface area contributed by atoms with E-state index in [2.05, 4.69) is 47.8 Å². The average molecular weight is 423 g/mol. The molecule has 0 aromatic rings. The Morgan fingerprint density at radius 3 is 1.23 bits per heavy atom. The van der Waals surface area contributed by atoms with Crippen LogP contribution in [0.25, 0.3) is 0 Å². The third-order valence-electron chi connectivity index (χ3n) is 5.79. The zero-order valence-electron chi connectivity index (χ0n) is 22.7. The Balaban J connectivity index is -0.000000514. The second-order valence-corrected chi connectivity index (χ2v) is 9.19. The van der Waals surface area contributed by atoms with E-state index in [-0.39, 0.29) is 0 Å². The van der Waals surface area contributed by atoms with Crippen molar-refractivity contribution in [2.24, 2.45) is 5.92 Å². The number of unbranched alkanes of at least 4 members (excludes halogenated alkanes) is 14. The van der Waals surface area contributed by atoms with E-state index in [0.717, 1.165) is 5.92 Å². The highest BCUT2D eigenvalue weighted by Gasteiger charge is 2.00. The lowest BCUT2D eigenvalue weighted by Gasteiger charge is -2.09. The third-order valence-corrected chi connectivity index (χ3v) is 5.79. The van der Waals surface area contributed by atoms with Crippen LogP contribution in [-0.2, 0) is 0 Å². The van der Waals surface area contributed by atoms with Crippen LogP contribution in [0.2, 0.25) is 0 Å². The molecule has 0 aliphatic heterocycles. The molecule has 0 unspecified atom stereocenters. The Kier molecular flexibility index (Phi) is 34.9. The summed E-state index contributed by atoms with van der Waals surface area (Å²) >= 11 is 0. The zero-order valence-corrected chi connectivity index (χ0v) is 22.7. The van der Waals surface area contributed by atoms with Gasteiger partial charge in [-0.3, -0.25) is 0 Å². The van der Waals surface area contributed by atoms with Crippen molar-refractivity contribution in [3.8, 4) is 0 Å². The maximum atomic E-state index is 3.95. The van der Waals surface area contributed by atoms with Gasteiger partial charge < -0.3 is 0 Å². The molecule has 0 saturated heterocycles. The van der Waals surface area contributed by atoms with Gasteiger partial charge in [0.2, 0.25) is 0 Å². The van der Waals surface area contributed by atoms with Gasteiger partial charge in [-0.15, -0.1) is 6.58 Å². The smallest absolute Gasteiger partial charge is 0.0237 e. The van der Waals surface area contributed by atoms with E-state index in [4.69, 9.17) is 0 Å². The molecule has 30 heavy (non-hydrogen) atoms. The van der Waals surface area contributed by atoms with E-state index in [9.17, 15) is 0 Å². The molecule has 1 atom stereocenters. The van der Waals surface area contributed by atoms with Gasteiger partial charge in [0.15, 0.2) is 0 Å². The highest BCUT2D eigenvalue weighted by atomic mass is 14.1. The van der Waals surface area contributed by atoms with Crippen LogP contribution in [0.3, 0.4) is 0 Å². The lowest BCUT2D eigenvalue weighted by atomic mass is 9.97. The fourth-order valence-corrected chi connectivity index (χ4v) is 3.39. The molecule has 0 aromatic heterocycles. The lowest BCUT2D eigenvalue weighted by molar-refractivity contribution is 0.539. The molecule has 0 fully saturated rings.